The number of esters is 3. The molecular weight excluding hydrogens is 997 g/mol. The van der Waals surface area contributed by atoms with E-state index in [1.54, 1.807) is 0 Å². The van der Waals surface area contributed by atoms with Crippen LogP contribution in [0.15, 0.2) is 60.8 Å². The molecular formula is C75H136O6. The highest BCUT2D eigenvalue weighted by Crippen LogP contribution is 2.19. The first kappa shape index (κ1) is 78.1. The molecule has 0 aliphatic rings. The van der Waals surface area contributed by atoms with Gasteiger partial charge in [-0.1, -0.05) is 345 Å². The van der Waals surface area contributed by atoms with Crippen LogP contribution in [0, 0.1) is 0 Å². The summed E-state index contributed by atoms with van der Waals surface area (Å²) in [6.45, 7) is 6.52. The van der Waals surface area contributed by atoms with Crippen molar-refractivity contribution in [3.8, 4) is 0 Å². The van der Waals surface area contributed by atoms with Crippen molar-refractivity contribution in [2.24, 2.45) is 0 Å². The highest BCUT2D eigenvalue weighted by molar-refractivity contribution is 5.71. The van der Waals surface area contributed by atoms with Gasteiger partial charge in [0.1, 0.15) is 13.2 Å². The second-order valence-corrected chi connectivity index (χ2v) is 24.1. The Hall–Kier alpha value is -2.89. The molecule has 0 aliphatic heterocycles. The Labute approximate surface area is 504 Å². The van der Waals surface area contributed by atoms with Crippen LogP contribution >= 0.6 is 0 Å². The molecule has 0 aliphatic carbocycles. The molecule has 6 nitrogen and oxygen atoms in total. The summed E-state index contributed by atoms with van der Waals surface area (Å²) in [6.07, 6.45) is 89.9. The lowest BCUT2D eigenvalue weighted by Gasteiger charge is -2.18. The van der Waals surface area contributed by atoms with Crippen molar-refractivity contribution in [1.29, 1.82) is 0 Å². The molecule has 0 fully saturated rings. The summed E-state index contributed by atoms with van der Waals surface area (Å²) in [4.78, 5) is 38.3. The molecule has 0 heterocycles. The second kappa shape index (κ2) is 69.6. The van der Waals surface area contributed by atoms with Crippen molar-refractivity contribution >= 4 is 17.9 Å². The number of rotatable bonds is 66. The molecule has 472 valence electrons. The zero-order chi connectivity index (χ0) is 58.5. The SMILES string of the molecule is CC/C=C\C/C=C\C/C=C\C/C=C\CCCCCCCCCCCCCCC(=O)OC(COC(=O)CCCCCCC/C=C\CCC)COC(=O)CCCCCCCCCCCCCCCCCCCCCCCCCCCCCC. The maximum absolute atomic E-state index is 12.9. The average Bonchev–Trinajstić information content (AvgIpc) is 3.47. The highest BCUT2D eigenvalue weighted by Gasteiger charge is 2.19. The predicted molar refractivity (Wildman–Crippen MR) is 353 cm³/mol. The summed E-state index contributed by atoms with van der Waals surface area (Å²) in [7, 11) is 0. The molecule has 0 rings (SSSR count). The first-order valence-electron chi connectivity index (χ1n) is 35.8. The molecule has 0 radical (unpaired) electrons. The van der Waals surface area contributed by atoms with Crippen LogP contribution < -0.4 is 0 Å². The number of hydrogen-bond acceptors (Lipinski definition) is 6. The Bertz CT molecular complexity index is 1440. The standard InChI is InChI=1S/C75H136O6/c1-4-7-10-13-16-19-22-24-26-28-30-32-34-36-37-38-40-41-43-45-47-49-51-53-56-59-62-65-68-74(77)80-71-72(70-79-73(76)67-64-61-58-55-21-18-15-12-9-6-3)81-75(78)69-66-63-60-57-54-52-50-48-46-44-42-39-35-33-31-29-27-25-23-20-17-14-11-8-5-2/h8,11-12,15,17,20,25,27,31,33,72H,4-7,9-10,13-14,16,18-19,21-24,26,28-30,32,34-71H2,1-3H3/b11-8-,15-12-,20-17-,27-25-,33-31-. The van der Waals surface area contributed by atoms with Gasteiger partial charge in [0.2, 0.25) is 0 Å². The van der Waals surface area contributed by atoms with Crippen LogP contribution in [0.4, 0.5) is 0 Å². The van der Waals surface area contributed by atoms with Crippen molar-refractivity contribution < 1.29 is 28.6 Å². The lowest BCUT2D eigenvalue weighted by Crippen LogP contribution is -2.30. The van der Waals surface area contributed by atoms with E-state index in [9.17, 15) is 14.4 Å². The Kier molecular flexibility index (Phi) is 67.1. The maximum atomic E-state index is 12.9. The lowest BCUT2D eigenvalue weighted by atomic mass is 10.0. The first-order valence-corrected chi connectivity index (χ1v) is 35.8. The zero-order valence-corrected chi connectivity index (χ0v) is 54.3. The minimum absolute atomic E-state index is 0.0733. The molecule has 0 spiro atoms. The van der Waals surface area contributed by atoms with E-state index in [1.807, 2.05) is 0 Å². The van der Waals surface area contributed by atoms with Gasteiger partial charge in [0, 0.05) is 19.3 Å². The van der Waals surface area contributed by atoms with E-state index in [4.69, 9.17) is 14.2 Å². The number of ether oxygens (including phenoxy) is 3. The summed E-state index contributed by atoms with van der Waals surface area (Å²) in [5.41, 5.74) is 0. The summed E-state index contributed by atoms with van der Waals surface area (Å²) in [5, 5.41) is 0. The molecule has 81 heavy (non-hydrogen) atoms. The van der Waals surface area contributed by atoms with Gasteiger partial charge in [0.05, 0.1) is 0 Å². The monoisotopic (exact) mass is 1130 g/mol. The average molecular weight is 1130 g/mol. The lowest BCUT2D eigenvalue weighted by molar-refractivity contribution is -0.167. The molecule has 6 heteroatoms. The predicted octanol–water partition coefficient (Wildman–Crippen LogP) is 24.7. The van der Waals surface area contributed by atoms with E-state index in [2.05, 4.69) is 81.5 Å². The van der Waals surface area contributed by atoms with Crippen LogP contribution in [0.2, 0.25) is 0 Å². The first-order chi connectivity index (χ1) is 40.0. The van der Waals surface area contributed by atoms with Crippen molar-refractivity contribution in [3.63, 3.8) is 0 Å². The summed E-state index contributed by atoms with van der Waals surface area (Å²) >= 11 is 0. The molecule has 1 atom stereocenters. The Balaban J connectivity index is 4.13. The van der Waals surface area contributed by atoms with Gasteiger partial charge < -0.3 is 14.2 Å². The van der Waals surface area contributed by atoms with Gasteiger partial charge in [-0.3, -0.25) is 14.4 Å². The normalized spacial score (nSPS) is 12.4. The Morgan fingerprint density at radius 3 is 0.815 bits per heavy atom. The third-order valence-corrected chi connectivity index (χ3v) is 16.0. The van der Waals surface area contributed by atoms with Gasteiger partial charge in [-0.15, -0.1) is 0 Å². The van der Waals surface area contributed by atoms with Crippen LogP contribution in [-0.4, -0.2) is 37.2 Å². The smallest absolute Gasteiger partial charge is 0.306 e. The molecule has 1 unspecified atom stereocenters. The summed E-state index contributed by atoms with van der Waals surface area (Å²) in [5.74, 6) is -0.864. The van der Waals surface area contributed by atoms with Crippen LogP contribution in [0.5, 0.6) is 0 Å². The zero-order valence-electron chi connectivity index (χ0n) is 54.3. The fourth-order valence-electron chi connectivity index (χ4n) is 10.7. The van der Waals surface area contributed by atoms with Crippen LogP contribution in [0.25, 0.3) is 0 Å². The fraction of sp³-hybridized carbons (Fsp3) is 0.827. The highest BCUT2D eigenvalue weighted by atomic mass is 16.6. The van der Waals surface area contributed by atoms with Gasteiger partial charge in [-0.2, -0.15) is 0 Å². The Morgan fingerprint density at radius 1 is 0.259 bits per heavy atom. The van der Waals surface area contributed by atoms with E-state index >= 15 is 0 Å². The van der Waals surface area contributed by atoms with Gasteiger partial charge in [0.25, 0.3) is 0 Å². The number of carbonyl (C=O) groups excluding carboxylic acids is 3. The van der Waals surface area contributed by atoms with Crippen LogP contribution in [0.1, 0.15) is 380 Å². The number of allylic oxidation sites excluding steroid dienone is 10. The number of carbonyl (C=O) groups is 3. The summed E-state index contributed by atoms with van der Waals surface area (Å²) in [6, 6.07) is 0. The topological polar surface area (TPSA) is 78.9 Å². The van der Waals surface area contributed by atoms with Crippen molar-refractivity contribution in [3.05, 3.63) is 60.8 Å². The fourth-order valence-corrected chi connectivity index (χ4v) is 10.7. The van der Waals surface area contributed by atoms with Gasteiger partial charge in [-0.05, 0) is 77.0 Å². The van der Waals surface area contributed by atoms with E-state index in [0.717, 1.165) is 96.3 Å². The molecule has 0 aromatic heterocycles. The van der Waals surface area contributed by atoms with Gasteiger partial charge in [0.15, 0.2) is 6.10 Å². The van der Waals surface area contributed by atoms with E-state index < -0.39 is 6.10 Å². The van der Waals surface area contributed by atoms with Crippen LogP contribution in [0.3, 0.4) is 0 Å². The van der Waals surface area contributed by atoms with E-state index in [-0.39, 0.29) is 31.1 Å². The molecule has 0 amide bonds. The van der Waals surface area contributed by atoms with Gasteiger partial charge >= 0.3 is 17.9 Å². The van der Waals surface area contributed by atoms with Crippen molar-refractivity contribution in [2.75, 3.05) is 13.2 Å². The summed E-state index contributed by atoms with van der Waals surface area (Å²) < 4.78 is 16.9. The second-order valence-electron chi connectivity index (χ2n) is 24.1. The minimum atomic E-state index is -0.777. The van der Waals surface area contributed by atoms with Crippen molar-refractivity contribution in [1.82, 2.24) is 0 Å². The third kappa shape index (κ3) is 67.8. The molecule has 0 saturated heterocycles. The molecule has 0 saturated carbocycles. The van der Waals surface area contributed by atoms with E-state index in [1.165, 1.54) is 244 Å². The number of unbranched alkanes of at least 4 members (excludes halogenated alkanes) is 45. The quantitative estimate of drug-likeness (QED) is 0.0261. The largest absolute Gasteiger partial charge is 0.462 e. The third-order valence-electron chi connectivity index (χ3n) is 16.0. The minimum Gasteiger partial charge on any atom is -0.462 e. The Morgan fingerprint density at radius 2 is 0.506 bits per heavy atom. The molecule has 0 aromatic rings. The molecule has 0 bridgehead atoms. The number of hydrogen-bond donors (Lipinski definition) is 0. The van der Waals surface area contributed by atoms with E-state index in [0.29, 0.717) is 19.3 Å². The van der Waals surface area contributed by atoms with Crippen molar-refractivity contribution in [2.45, 2.75) is 386 Å². The maximum Gasteiger partial charge on any atom is 0.306 e. The van der Waals surface area contributed by atoms with Gasteiger partial charge in [-0.25, -0.2) is 0 Å². The van der Waals surface area contributed by atoms with Crippen LogP contribution in [-0.2, 0) is 28.6 Å². The molecule has 0 aromatic carbocycles. The molecule has 0 N–H and O–H groups in total.